The molecule has 0 radical (unpaired) electrons. The first-order valence-electron chi connectivity index (χ1n) is 6.59. The lowest BCUT2D eigenvalue weighted by Gasteiger charge is -2.06. The Morgan fingerprint density at radius 2 is 1.91 bits per heavy atom. The Morgan fingerprint density at radius 1 is 1.18 bits per heavy atom. The van der Waals surface area contributed by atoms with Crippen molar-refractivity contribution in [2.75, 3.05) is 0 Å². The van der Waals surface area contributed by atoms with Crippen molar-refractivity contribution in [3.8, 4) is 5.75 Å². The Labute approximate surface area is 134 Å². The number of aromatic hydroxyl groups is 1. The van der Waals surface area contributed by atoms with Crippen LogP contribution >= 0.6 is 15.9 Å². The standard InChI is InChI=1S/C16H12BrN3O2/c17-9-15-19-14-4-2-1-3-13(14)16(22)20(15)18-10-11-5-7-12(21)8-6-11/h1-8,10,21H,9H2/b18-10+. The zero-order chi connectivity index (χ0) is 15.5. The van der Waals surface area contributed by atoms with Gasteiger partial charge in [0.1, 0.15) is 11.6 Å². The summed E-state index contributed by atoms with van der Waals surface area (Å²) < 4.78 is 1.28. The van der Waals surface area contributed by atoms with Crippen molar-refractivity contribution in [1.29, 1.82) is 0 Å². The molecule has 0 aliphatic carbocycles. The number of hydrogen-bond acceptors (Lipinski definition) is 4. The van der Waals surface area contributed by atoms with E-state index in [2.05, 4.69) is 26.0 Å². The third kappa shape index (κ3) is 2.78. The van der Waals surface area contributed by atoms with Crippen molar-refractivity contribution in [3.05, 3.63) is 70.3 Å². The molecule has 0 spiro atoms. The van der Waals surface area contributed by atoms with Crippen molar-refractivity contribution >= 4 is 33.0 Å². The first-order chi connectivity index (χ1) is 10.7. The third-order valence-corrected chi connectivity index (χ3v) is 3.66. The Morgan fingerprint density at radius 3 is 2.64 bits per heavy atom. The third-order valence-electron chi connectivity index (χ3n) is 3.16. The summed E-state index contributed by atoms with van der Waals surface area (Å²) in [6.45, 7) is 0. The summed E-state index contributed by atoms with van der Waals surface area (Å²) in [5.41, 5.74) is 1.21. The molecule has 0 aliphatic heterocycles. The van der Waals surface area contributed by atoms with Crippen LogP contribution in [0.2, 0.25) is 0 Å². The number of phenolic OH excluding ortho intramolecular Hbond substituents is 1. The second-order valence-electron chi connectivity index (χ2n) is 4.63. The molecule has 0 fully saturated rings. The van der Waals surface area contributed by atoms with Crippen molar-refractivity contribution < 1.29 is 5.11 Å². The maximum atomic E-state index is 12.5. The van der Waals surface area contributed by atoms with E-state index in [9.17, 15) is 9.90 Å². The summed E-state index contributed by atoms with van der Waals surface area (Å²) >= 11 is 3.33. The van der Waals surface area contributed by atoms with Gasteiger partial charge in [-0.15, -0.1) is 0 Å². The molecule has 1 aromatic heterocycles. The highest BCUT2D eigenvalue weighted by molar-refractivity contribution is 9.08. The highest BCUT2D eigenvalue weighted by atomic mass is 79.9. The van der Waals surface area contributed by atoms with Crippen molar-refractivity contribution in [1.82, 2.24) is 9.66 Å². The first kappa shape index (κ1) is 14.5. The van der Waals surface area contributed by atoms with Crippen LogP contribution in [-0.2, 0) is 5.33 Å². The zero-order valence-corrected chi connectivity index (χ0v) is 13.1. The van der Waals surface area contributed by atoms with E-state index in [1.54, 1.807) is 48.7 Å². The molecule has 1 heterocycles. The fraction of sp³-hybridized carbons (Fsp3) is 0.0625. The molecule has 5 nitrogen and oxygen atoms in total. The number of hydrogen-bond donors (Lipinski definition) is 1. The number of alkyl halides is 1. The SMILES string of the molecule is O=c1c2ccccc2nc(CBr)n1/N=C/c1ccc(O)cc1. The number of rotatable bonds is 3. The van der Waals surface area contributed by atoms with Crippen molar-refractivity contribution in [2.24, 2.45) is 5.10 Å². The second-order valence-corrected chi connectivity index (χ2v) is 5.19. The number of nitrogens with zero attached hydrogens (tertiary/aromatic N) is 3. The molecule has 22 heavy (non-hydrogen) atoms. The van der Waals surface area contributed by atoms with Crippen LogP contribution < -0.4 is 5.56 Å². The molecule has 6 heteroatoms. The summed E-state index contributed by atoms with van der Waals surface area (Å²) in [7, 11) is 0. The Kier molecular flexibility index (Phi) is 4.02. The number of benzene rings is 2. The van der Waals surface area contributed by atoms with Crippen LogP contribution in [-0.4, -0.2) is 21.0 Å². The molecular weight excluding hydrogens is 346 g/mol. The van der Waals surface area contributed by atoms with Crippen LogP contribution in [0.15, 0.2) is 58.4 Å². The van der Waals surface area contributed by atoms with Gasteiger partial charge in [-0.3, -0.25) is 4.79 Å². The van der Waals surface area contributed by atoms with E-state index in [0.717, 1.165) is 5.56 Å². The molecule has 3 aromatic rings. The minimum Gasteiger partial charge on any atom is -0.508 e. The summed E-state index contributed by atoms with van der Waals surface area (Å²) in [5.74, 6) is 0.710. The number of para-hydroxylation sites is 1. The Hall–Kier alpha value is -2.47. The van der Waals surface area contributed by atoms with Gasteiger partial charge in [0.15, 0.2) is 0 Å². The average molecular weight is 358 g/mol. The Bertz CT molecular complexity index is 901. The normalized spacial score (nSPS) is 11.3. The van der Waals surface area contributed by atoms with Gasteiger partial charge >= 0.3 is 0 Å². The van der Waals surface area contributed by atoms with E-state index < -0.39 is 0 Å². The highest BCUT2D eigenvalue weighted by Gasteiger charge is 2.08. The van der Waals surface area contributed by atoms with Crippen LogP contribution in [0, 0.1) is 0 Å². The number of fused-ring (bicyclic) bond motifs is 1. The maximum absolute atomic E-state index is 12.5. The molecule has 1 N–H and O–H groups in total. The molecule has 0 bridgehead atoms. The quantitative estimate of drug-likeness (QED) is 0.578. The molecule has 110 valence electrons. The molecular formula is C16H12BrN3O2. The number of aromatic nitrogens is 2. The predicted molar refractivity (Wildman–Crippen MR) is 89.7 cm³/mol. The lowest BCUT2D eigenvalue weighted by molar-refractivity contribution is 0.475. The van der Waals surface area contributed by atoms with Gasteiger partial charge in [0.25, 0.3) is 5.56 Å². The topological polar surface area (TPSA) is 67.5 Å². The highest BCUT2D eigenvalue weighted by Crippen LogP contribution is 2.11. The molecule has 0 unspecified atom stereocenters. The molecule has 0 saturated heterocycles. The smallest absolute Gasteiger partial charge is 0.282 e. The summed E-state index contributed by atoms with van der Waals surface area (Å²) in [6.07, 6.45) is 1.56. The van der Waals surface area contributed by atoms with Gasteiger partial charge in [-0.05, 0) is 42.0 Å². The predicted octanol–water partition coefficient (Wildman–Crippen LogP) is 2.88. The largest absolute Gasteiger partial charge is 0.508 e. The molecule has 3 rings (SSSR count). The fourth-order valence-electron chi connectivity index (χ4n) is 2.06. The lowest BCUT2D eigenvalue weighted by atomic mass is 10.2. The van der Waals surface area contributed by atoms with Crippen LogP contribution in [0.25, 0.3) is 10.9 Å². The maximum Gasteiger partial charge on any atom is 0.282 e. The van der Waals surface area contributed by atoms with Crippen LogP contribution in [0.5, 0.6) is 5.75 Å². The van der Waals surface area contributed by atoms with Crippen LogP contribution in [0.4, 0.5) is 0 Å². The summed E-state index contributed by atoms with van der Waals surface area (Å²) in [4.78, 5) is 17.0. The minimum absolute atomic E-state index is 0.183. The van der Waals surface area contributed by atoms with Crippen LogP contribution in [0.3, 0.4) is 0 Å². The summed E-state index contributed by atoms with van der Waals surface area (Å²) in [5, 5.41) is 14.4. The van der Waals surface area contributed by atoms with Gasteiger partial charge in [-0.2, -0.15) is 9.78 Å². The van der Waals surface area contributed by atoms with E-state index in [-0.39, 0.29) is 11.3 Å². The fourth-order valence-corrected chi connectivity index (χ4v) is 2.42. The molecule has 0 saturated carbocycles. The Balaban J connectivity index is 2.11. The summed E-state index contributed by atoms with van der Waals surface area (Å²) in [6, 6.07) is 13.7. The first-order valence-corrected chi connectivity index (χ1v) is 7.71. The van der Waals surface area contributed by atoms with Gasteiger partial charge in [0, 0.05) is 0 Å². The minimum atomic E-state index is -0.213. The van der Waals surface area contributed by atoms with Gasteiger partial charge in [0.2, 0.25) is 0 Å². The van der Waals surface area contributed by atoms with E-state index in [1.807, 2.05) is 6.07 Å². The van der Waals surface area contributed by atoms with E-state index in [0.29, 0.717) is 22.1 Å². The van der Waals surface area contributed by atoms with Crippen LogP contribution in [0.1, 0.15) is 11.4 Å². The zero-order valence-electron chi connectivity index (χ0n) is 11.5. The van der Waals surface area contributed by atoms with Gasteiger partial charge in [-0.25, -0.2) is 4.98 Å². The molecule has 0 aliphatic rings. The van der Waals surface area contributed by atoms with Gasteiger partial charge in [0.05, 0.1) is 22.4 Å². The molecule has 0 atom stereocenters. The van der Waals surface area contributed by atoms with Crippen molar-refractivity contribution in [3.63, 3.8) is 0 Å². The van der Waals surface area contributed by atoms with E-state index in [4.69, 9.17) is 0 Å². The van der Waals surface area contributed by atoms with Crippen molar-refractivity contribution in [2.45, 2.75) is 5.33 Å². The van der Waals surface area contributed by atoms with Gasteiger partial charge < -0.3 is 5.11 Å². The molecule has 0 amide bonds. The number of phenols is 1. The number of halogens is 1. The molecule has 2 aromatic carbocycles. The van der Waals surface area contributed by atoms with E-state index in [1.165, 1.54) is 4.68 Å². The lowest BCUT2D eigenvalue weighted by Crippen LogP contribution is -2.21. The average Bonchev–Trinajstić information content (AvgIpc) is 2.55. The second kappa shape index (κ2) is 6.11. The van der Waals surface area contributed by atoms with E-state index >= 15 is 0 Å². The van der Waals surface area contributed by atoms with Gasteiger partial charge in [-0.1, -0.05) is 28.1 Å². The monoisotopic (exact) mass is 357 g/mol.